The normalized spacial score (nSPS) is 22.6. The standard InChI is InChI=1S/C23H26N2O3/c1-22(2)17-7-5-6-8-18(17)25-14-12-21(26)24-23(22,25)13-11-16-9-10-19(27-3)20(15-16)28-4/h5-11,13,15H,12,14H2,1-4H3,(H,24,26)/t23-/m0/s1. The molecular weight excluding hydrogens is 352 g/mol. The predicted molar refractivity (Wildman–Crippen MR) is 111 cm³/mol. The summed E-state index contributed by atoms with van der Waals surface area (Å²) in [5.74, 6) is 1.45. The number of hydrogen-bond donors (Lipinski definition) is 1. The van der Waals surface area contributed by atoms with E-state index in [1.54, 1.807) is 14.2 Å². The number of benzene rings is 2. The third-order valence-corrected chi connectivity index (χ3v) is 6.06. The lowest BCUT2D eigenvalue weighted by Gasteiger charge is -2.49. The van der Waals surface area contributed by atoms with Crippen LogP contribution < -0.4 is 19.7 Å². The van der Waals surface area contributed by atoms with Gasteiger partial charge >= 0.3 is 0 Å². The van der Waals surface area contributed by atoms with Gasteiger partial charge in [-0.2, -0.15) is 0 Å². The fourth-order valence-electron chi connectivity index (χ4n) is 4.49. The van der Waals surface area contributed by atoms with E-state index in [0.29, 0.717) is 24.5 Å². The highest BCUT2D eigenvalue weighted by Crippen LogP contribution is 2.52. The van der Waals surface area contributed by atoms with Crippen molar-refractivity contribution in [1.29, 1.82) is 0 Å². The van der Waals surface area contributed by atoms with Gasteiger partial charge in [0.1, 0.15) is 5.66 Å². The SMILES string of the molecule is COc1ccc(C=C[C@]23NC(=O)CCN2c2ccccc2C3(C)C)cc1OC. The van der Waals surface area contributed by atoms with Crippen LogP contribution in [0.1, 0.15) is 31.4 Å². The van der Waals surface area contributed by atoms with Crippen LogP contribution in [-0.2, 0) is 10.2 Å². The lowest BCUT2D eigenvalue weighted by atomic mass is 9.74. The molecule has 0 saturated carbocycles. The van der Waals surface area contributed by atoms with Crippen molar-refractivity contribution < 1.29 is 14.3 Å². The minimum atomic E-state index is -0.612. The number of carbonyl (C=O) groups is 1. The molecule has 2 aliphatic heterocycles. The van der Waals surface area contributed by atoms with Gasteiger partial charge in [-0.25, -0.2) is 0 Å². The van der Waals surface area contributed by atoms with E-state index >= 15 is 0 Å². The number of nitrogens with one attached hydrogen (secondary N) is 1. The van der Waals surface area contributed by atoms with E-state index in [1.165, 1.54) is 11.3 Å². The van der Waals surface area contributed by atoms with Crippen molar-refractivity contribution in [2.45, 2.75) is 31.3 Å². The zero-order chi connectivity index (χ0) is 19.9. The summed E-state index contributed by atoms with van der Waals surface area (Å²) in [6, 6.07) is 14.2. The minimum absolute atomic E-state index is 0.0779. The lowest BCUT2D eigenvalue weighted by Crippen LogP contribution is -2.68. The van der Waals surface area contributed by atoms with E-state index in [9.17, 15) is 4.79 Å². The molecule has 4 rings (SSSR count). The molecule has 2 aliphatic rings. The van der Waals surface area contributed by atoms with Gasteiger partial charge in [-0.3, -0.25) is 4.79 Å². The van der Waals surface area contributed by atoms with Gasteiger partial charge in [0.25, 0.3) is 0 Å². The Morgan fingerprint density at radius 1 is 1.07 bits per heavy atom. The average Bonchev–Trinajstić information content (AvgIpc) is 2.90. The molecule has 1 amide bonds. The van der Waals surface area contributed by atoms with Gasteiger partial charge < -0.3 is 19.7 Å². The number of carbonyl (C=O) groups excluding carboxylic acids is 1. The van der Waals surface area contributed by atoms with Crippen molar-refractivity contribution in [3.8, 4) is 11.5 Å². The van der Waals surface area contributed by atoms with Gasteiger partial charge in [0, 0.05) is 24.1 Å². The Hall–Kier alpha value is -2.95. The second-order valence-corrected chi connectivity index (χ2v) is 7.81. The molecule has 1 saturated heterocycles. The van der Waals surface area contributed by atoms with Crippen LogP contribution >= 0.6 is 0 Å². The van der Waals surface area contributed by atoms with Crippen molar-refractivity contribution in [2.75, 3.05) is 25.7 Å². The maximum atomic E-state index is 12.4. The molecule has 1 fully saturated rings. The molecule has 0 spiro atoms. The first kappa shape index (κ1) is 18.4. The Labute approximate surface area is 165 Å². The molecule has 0 unspecified atom stereocenters. The van der Waals surface area contributed by atoms with Gasteiger partial charge in [0.05, 0.1) is 14.2 Å². The number of hydrogen-bond acceptors (Lipinski definition) is 4. The Balaban J connectivity index is 1.80. The van der Waals surface area contributed by atoms with E-state index < -0.39 is 5.66 Å². The van der Waals surface area contributed by atoms with Crippen LogP contribution in [0, 0.1) is 0 Å². The number of nitrogens with zero attached hydrogens (tertiary/aromatic N) is 1. The van der Waals surface area contributed by atoms with Crippen molar-refractivity contribution in [1.82, 2.24) is 5.32 Å². The highest BCUT2D eigenvalue weighted by Gasteiger charge is 2.57. The Bertz CT molecular complexity index is 951. The molecule has 0 aromatic heterocycles. The highest BCUT2D eigenvalue weighted by atomic mass is 16.5. The smallest absolute Gasteiger partial charge is 0.223 e. The number of fused-ring (bicyclic) bond motifs is 3. The van der Waals surface area contributed by atoms with E-state index in [0.717, 1.165) is 5.56 Å². The number of anilines is 1. The second kappa shape index (κ2) is 6.59. The fourth-order valence-corrected chi connectivity index (χ4v) is 4.49. The predicted octanol–water partition coefficient (Wildman–Crippen LogP) is 3.73. The third-order valence-electron chi connectivity index (χ3n) is 6.06. The fraction of sp³-hybridized carbons (Fsp3) is 0.348. The summed E-state index contributed by atoms with van der Waals surface area (Å²) in [6.45, 7) is 5.08. The molecule has 28 heavy (non-hydrogen) atoms. The molecule has 0 aliphatic carbocycles. The lowest BCUT2D eigenvalue weighted by molar-refractivity contribution is -0.124. The van der Waals surface area contributed by atoms with E-state index in [4.69, 9.17) is 9.47 Å². The van der Waals surface area contributed by atoms with Gasteiger partial charge in [-0.15, -0.1) is 0 Å². The largest absolute Gasteiger partial charge is 0.493 e. The quantitative estimate of drug-likeness (QED) is 0.881. The summed E-state index contributed by atoms with van der Waals surface area (Å²) >= 11 is 0. The number of para-hydroxylation sites is 1. The molecule has 5 nitrogen and oxygen atoms in total. The first-order chi connectivity index (χ1) is 13.4. The van der Waals surface area contributed by atoms with Crippen LogP contribution in [0.3, 0.4) is 0 Å². The van der Waals surface area contributed by atoms with E-state index in [1.807, 2.05) is 24.3 Å². The molecule has 2 aromatic rings. The number of ether oxygens (including phenoxy) is 2. The third kappa shape index (κ3) is 2.57. The molecule has 5 heteroatoms. The van der Waals surface area contributed by atoms with Crippen LogP contribution in [0.15, 0.2) is 48.5 Å². The average molecular weight is 378 g/mol. The Kier molecular flexibility index (Phi) is 4.33. The Morgan fingerprint density at radius 2 is 1.82 bits per heavy atom. The molecule has 1 N–H and O–H groups in total. The van der Waals surface area contributed by atoms with Crippen LogP contribution in [0.25, 0.3) is 6.08 Å². The topological polar surface area (TPSA) is 50.8 Å². The molecule has 146 valence electrons. The molecule has 1 atom stereocenters. The van der Waals surface area contributed by atoms with Crippen LogP contribution in [0.4, 0.5) is 5.69 Å². The molecule has 2 aromatic carbocycles. The molecule has 0 bridgehead atoms. The summed E-state index contributed by atoms with van der Waals surface area (Å²) in [4.78, 5) is 14.8. The summed E-state index contributed by atoms with van der Waals surface area (Å²) in [5.41, 5.74) is 2.52. The second-order valence-electron chi connectivity index (χ2n) is 7.81. The van der Waals surface area contributed by atoms with Crippen molar-refractivity contribution >= 4 is 17.7 Å². The first-order valence-electron chi connectivity index (χ1n) is 9.52. The van der Waals surface area contributed by atoms with Gasteiger partial charge in [0.15, 0.2) is 11.5 Å². The number of amides is 1. The number of methoxy groups -OCH3 is 2. The summed E-state index contributed by atoms with van der Waals surface area (Å²) < 4.78 is 10.8. The Morgan fingerprint density at radius 3 is 2.57 bits per heavy atom. The monoisotopic (exact) mass is 378 g/mol. The van der Waals surface area contributed by atoms with E-state index in [-0.39, 0.29) is 11.3 Å². The van der Waals surface area contributed by atoms with E-state index in [2.05, 4.69) is 54.4 Å². The maximum Gasteiger partial charge on any atom is 0.223 e. The van der Waals surface area contributed by atoms with Crippen LogP contribution in [0.2, 0.25) is 0 Å². The zero-order valence-electron chi connectivity index (χ0n) is 16.8. The van der Waals surface area contributed by atoms with Crippen molar-refractivity contribution in [3.05, 3.63) is 59.7 Å². The maximum absolute atomic E-state index is 12.4. The molecular formula is C23H26N2O3. The van der Waals surface area contributed by atoms with Crippen molar-refractivity contribution in [3.63, 3.8) is 0 Å². The molecule has 0 radical (unpaired) electrons. The summed E-state index contributed by atoms with van der Waals surface area (Å²) in [6.07, 6.45) is 4.66. The summed E-state index contributed by atoms with van der Waals surface area (Å²) in [5, 5.41) is 3.29. The van der Waals surface area contributed by atoms with Crippen molar-refractivity contribution in [2.24, 2.45) is 0 Å². The minimum Gasteiger partial charge on any atom is -0.493 e. The zero-order valence-corrected chi connectivity index (χ0v) is 16.8. The number of rotatable bonds is 4. The first-order valence-corrected chi connectivity index (χ1v) is 9.52. The van der Waals surface area contributed by atoms with Crippen LogP contribution in [0.5, 0.6) is 11.5 Å². The van der Waals surface area contributed by atoms with Gasteiger partial charge in [0.2, 0.25) is 5.91 Å². The van der Waals surface area contributed by atoms with Gasteiger partial charge in [-0.05, 0) is 35.4 Å². The van der Waals surface area contributed by atoms with Crippen LogP contribution in [-0.4, -0.2) is 32.3 Å². The summed E-state index contributed by atoms with van der Waals surface area (Å²) in [7, 11) is 3.25. The highest BCUT2D eigenvalue weighted by molar-refractivity contribution is 5.84. The molecule has 2 heterocycles. The van der Waals surface area contributed by atoms with Gasteiger partial charge in [-0.1, -0.05) is 44.2 Å².